The highest BCUT2D eigenvalue weighted by atomic mass is 16.1. The van der Waals surface area contributed by atoms with Crippen LogP contribution in [0.4, 0.5) is 0 Å². The van der Waals surface area contributed by atoms with Gasteiger partial charge in [-0.25, -0.2) is 0 Å². The monoisotopic (exact) mass is 166 g/mol. The van der Waals surface area contributed by atoms with E-state index >= 15 is 0 Å². The highest BCUT2D eigenvalue weighted by Crippen LogP contribution is 2.65. The first-order valence-electron chi connectivity index (χ1n) is 4.95. The van der Waals surface area contributed by atoms with Crippen LogP contribution in [-0.2, 0) is 4.79 Å². The fourth-order valence-electron chi connectivity index (χ4n) is 3.54. The van der Waals surface area contributed by atoms with E-state index in [2.05, 4.69) is 27.7 Å². The summed E-state index contributed by atoms with van der Waals surface area (Å²) in [5.74, 6) is 1.48. The van der Waals surface area contributed by atoms with Gasteiger partial charge in [0.25, 0.3) is 0 Å². The largest absolute Gasteiger partial charge is 0.299 e. The number of carbonyl (C=O) groups excluding carboxylic acids is 1. The summed E-state index contributed by atoms with van der Waals surface area (Å²) in [5.41, 5.74) is 0.251. The van der Waals surface area contributed by atoms with Crippen molar-refractivity contribution in [3.05, 3.63) is 0 Å². The Labute approximate surface area is 74.5 Å². The lowest BCUT2D eigenvalue weighted by Crippen LogP contribution is -2.33. The molecule has 3 atom stereocenters. The summed E-state index contributed by atoms with van der Waals surface area (Å²) in [7, 11) is 0. The smallest absolute Gasteiger partial charge is 0.142 e. The Morgan fingerprint density at radius 1 is 1.33 bits per heavy atom. The van der Waals surface area contributed by atoms with Crippen molar-refractivity contribution in [3.63, 3.8) is 0 Å². The Kier molecular flexibility index (Phi) is 1.34. The van der Waals surface area contributed by atoms with Crippen LogP contribution in [0.25, 0.3) is 0 Å². The van der Waals surface area contributed by atoms with Crippen molar-refractivity contribution in [3.8, 4) is 0 Å². The van der Waals surface area contributed by atoms with Gasteiger partial charge in [0, 0.05) is 11.3 Å². The molecule has 2 saturated carbocycles. The van der Waals surface area contributed by atoms with Crippen molar-refractivity contribution in [1.82, 2.24) is 0 Å². The molecule has 2 rings (SSSR count). The Balaban J connectivity index is 2.50. The van der Waals surface area contributed by atoms with Crippen LogP contribution in [0.5, 0.6) is 0 Å². The van der Waals surface area contributed by atoms with Gasteiger partial charge in [0.2, 0.25) is 0 Å². The number of hydrogen-bond donors (Lipinski definition) is 0. The van der Waals surface area contributed by atoms with E-state index in [0.29, 0.717) is 17.6 Å². The summed E-state index contributed by atoms with van der Waals surface area (Å²) >= 11 is 0. The standard InChI is InChI=1S/C11H18O/c1-7-8-5-6-11(4,9(7)12)10(8,2)3/h7-8H,5-6H2,1-4H3/t7?,8?,11-/m0/s1. The second-order valence-electron chi connectivity index (χ2n) is 5.35. The van der Waals surface area contributed by atoms with E-state index in [1.165, 1.54) is 6.42 Å². The van der Waals surface area contributed by atoms with E-state index in [-0.39, 0.29) is 10.8 Å². The van der Waals surface area contributed by atoms with E-state index in [1.54, 1.807) is 0 Å². The fourth-order valence-corrected chi connectivity index (χ4v) is 3.54. The molecule has 0 amide bonds. The van der Waals surface area contributed by atoms with Gasteiger partial charge in [-0.2, -0.15) is 0 Å². The molecule has 1 heteroatoms. The molecule has 2 aliphatic carbocycles. The number of Topliss-reactive ketones (excluding diaryl/α,β-unsaturated/α-hetero) is 1. The number of hydrogen-bond acceptors (Lipinski definition) is 1. The first kappa shape index (κ1) is 8.28. The minimum atomic E-state index is -0.00289. The van der Waals surface area contributed by atoms with Crippen LogP contribution in [0.3, 0.4) is 0 Å². The van der Waals surface area contributed by atoms with Gasteiger partial charge < -0.3 is 0 Å². The van der Waals surface area contributed by atoms with Crippen LogP contribution >= 0.6 is 0 Å². The fraction of sp³-hybridized carbons (Fsp3) is 0.909. The molecule has 0 aliphatic heterocycles. The quantitative estimate of drug-likeness (QED) is 0.540. The second-order valence-corrected chi connectivity index (χ2v) is 5.35. The zero-order valence-electron chi connectivity index (χ0n) is 8.48. The maximum Gasteiger partial charge on any atom is 0.142 e. The summed E-state index contributed by atoms with van der Waals surface area (Å²) in [6.45, 7) is 8.82. The lowest BCUT2D eigenvalue weighted by atomic mass is 9.70. The molecular formula is C11H18O. The van der Waals surface area contributed by atoms with Crippen molar-refractivity contribution in [2.45, 2.75) is 40.5 Å². The average molecular weight is 166 g/mol. The molecule has 0 N–H and O–H groups in total. The Morgan fingerprint density at radius 3 is 2.17 bits per heavy atom. The van der Waals surface area contributed by atoms with Gasteiger partial charge >= 0.3 is 0 Å². The van der Waals surface area contributed by atoms with Crippen molar-refractivity contribution in [2.75, 3.05) is 0 Å². The van der Waals surface area contributed by atoms with E-state index in [0.717, 1.165) is 6.42 Å². The van der Waals surface area contributed by atoms with E-state index in [1.807, 2.05) is 0 Å². The normalized spacial score (nSPS) is 50.2. The zero-order chi connectivity index (χ0) is 9.15. The van der Waals surface area contributed by atoms with Crippen LogP contribution in [0.15, 0.2) is 0 Å². The van der Waals surface area contributed by atoms with Gasteiger partial charge in [-0.05, 0) is 24.2 Å². The molecule has 2 bridgehead atoms. The highest BCUT2D eigenvalue weighted by molar-refractivity contribution is 5.91. The maximum atomic E-state index is 11.9. The molecule has 0 heterocycles. The van der Waals surface area contributed by atoms with Crippen LogP contribution in [0.1, 0.15) is 40.5 Å². The van der Waals surface area contributed by atoms with Gasteiger partial charge in [-0.15, -0.1) is 0 Å². The topological polar surface area (TPSA) is 17.1 Å². The summed E-state index contributed by atoms with van der Waals surface area (Å²) in [6.07, 6.45) is 2.38. The molecule has 2 unspecified atom stereocenters. The number of carbonyl (C=O) groups is 1. The van der Waals surface area contributed by atoms with E-state index < -0.39 is 0 Å². The van der Waals surface area contributed by atoms with Crippen LogP contribution < -0.4 is 0 Å². The number of rotatable bonds is 0. The SMILES string of the molecule is CC1C(=O)[C@]2(C)CCC1C2(C)C. The highest BCUT2D eigenvalue weighted by Gasteiger charge is 2.64. The number of ketones is 1. The molecule has 12 heavy (non-hydrogen) atoms. The van der Waals surface area contributed by atoms with Crippen molar-refractivity contribution in [2.24, 2.45) is 22.7 Å². The molecular weight excluding hydrogens is 148 g/mol. The van der Waals surface area contributed by atoms with Crippen LogP contribution in [-0.4, -0.2) is 5.78 Å². The van der Waals surface area contributed by atoms with Crippen LogP contribution in [0, 0.1) is 22.7 Å². The molecule has 0 spiro atoms. The molecule has 0 aromatic heterocycles. The Bertz CT molecular complexity index is 241. The van der Waals surface area contributed by atoms with Gasteiger partial charge in [0.05, 0.1) is 0 Å². The average Bonchev–Trinajstić information content (AvgIpc) is 2.26. The minimum absolute atomic E-state index is 0.00289. The maximum absolute atomic E-state index is 11.9. The molecule has 1 nitrogen and oxygen atoms in total. The van der Waals surface area contributed by atoms with Gasteiger partial charge in [0.1, 0.15) is 5.78 Å². The summed E-state index contributed by atoms with van der Waals surface area (Å²) in [5, 5.41) is 0. The van der Waals surface area contributed by atoms with Gasteiger partial charge in [0.15, 0.2) is 0 Å². The predicted octanol–water partition coefficient (Wildman–Crippen LogP) is 2.65. The van der Waals surface area contributed by atoms with Crippen molar-refractivity contribution < 1.29 is 4.79 Å². The van der Waals surface area contributed by atoms with Gasteiger partial charge in [-0.3, -0.25) is 4.79 Å². The summed E-state index contributed by atoms with van der Waals surface area (Å²) in [6, 6.07) is 0. The first-order valence-corrected chi connectivity index (χ1v) is 4.95. The van der Waals surface area contributed by atoms with Crippen molar-refractivity contribution in [1.29, 1.82) is 0 Å². The molecule has 0 radical (unpaired) electrons. The lowest BCUT2D eigenvalue weighted by molar-refractivity contribution is -0.131. The minimum Gasteiger partial charge on any atom is -0.299 e. The van der Waals surface area contributed by atoms with Gasteiger partial charge in [-0.1, -0.05) is 27.7 Å². The van der Waals surface area contributed by atoms with Crippen molar-refractivity contribution >= 4 is 5.78 Å². The third kappa shape index (κ3) is 0.605. The second kappa shape index (κ2) is 1.94. The molecule has 2 fully saturated rings. The molecule has 0 saturated heterocycles. The predicted molar refractivity (Wildman–Crippen MR) is 48.8 cm³/mol. The Morgan fingerprint density at radius 2 is 1.92 bits per heavy atom. The van der Waals surface area contributed by atoms with E-state index in [4.69, 9.17) is 0 Å². The number of fused-ring (bicyclic) bond motifs is 2. The molecule has 0 aromatic rings. The Hall–Kier alpha value is -0.330. The van der Waals surface area contributed by atoms with E-state index in [9.17, 15) is 4.79 Å². The molecule has 68 valence electrons. The summed E-state index contributed by atoms with van der Waals surface area (Å²) < 4.78 is 0. The lowest BCUT2D eigenvalue weighted by Gasteiger charge is -2.32. The molecule has 2 aliphatic rings. The molecule has 0 aromatic carbocycles. The summed E-state index contributed by atoms with van der Waals surface area (Å²) in [4.78, 5) is 11.9. The van der Waals surface area contributed by atoms with Crippen LogP contribution in [0.2, 0.25) is 0 Å². The third-order valence-corrected chi connectivity index (χ3v) is 4.87. The zero-order valence-corrected chi connectivity index (χ0v) is 8.48. The third-order valence-electron chi connectivity index (χ3n) is 4.87. The first-order chi connectivity index (χ1) is 5.41.